The molecule has 0 aliphatic heterocycles. The van der Waals surface area contributed by atoms with E-state index in [2.05, 4.69) is 56.2 Å². The Hall–Kier alpha value is -1.87. The molecule has 2 aromatic rings. The van der Waals surface area contributed by atoms with E-state index in [9.17, 15) is 0 Å². The standard InChI is InChI=1S/C18H24N2O/c1-6-20-18(16-11-19-8-7-12(16)2)15-9-14(4)17(21-5)10-13(15)3/h7-11,18,20H,6H2,1-5H3. The minimum absolute atomic E-state index is 0.160. The van der Waals surface area contributed by atoms with Gasteiger partial charge in [0.2, 0.25) is 0 Å². The molecule has 3 heteroatoms. The Balaban J connectivity index is 2.53. The van der Waals surface area contributed by atoms with E-state index in [1.807, 2.05) is 12.4 Å². The number of rotatable bonds is 5. The minimum atomic E-state index is 0.160. The van der Waals surface area contributed by atoms with Gasteiger partial charge in [-0.15, -0.1) is 0 Å². The summed E-state index contributed by atoms with van der Waals surface area (Å²) in [7, 11) is 1.72. The highest BCUT2D eigenvalue weighted by atomic mass is 16.5. The molecule has 0 aliphatic rings. The van der Waals surface area contributed by atoms with Crippen LogP contribution in [0.1, 0.15) is 40.8 Å². The Labute approximate surface area is 127 Å². The van der Waals surface area contributed by atoms with Crippen LogP contribution in [-0.2, 0) is 0 Å². The highest BCUT2D eigenvalue weighted by Gasteiger charge is 2.18. The molecule has 21 heavy (non-hydrogen) atoms. The third kappa shape index (κ3) is 3.24. The molecule has 112 valence electrons. The molecule has 0 amide bonds. The van der Waals surface area contributed by atoms with E-state index in [0.717, 1.165) is 17.9 Å². The quantitative estimate of drug-likeness (QED) is 0.908. The van der Waals surface area contributed by atoms with Crippen molar-refractivity contribution in [2.75, 3.05) is 13.7 Å². The molecule has 1 unspecified atom stereocenters. The SMILES string of the molecule is CCNC(c1cnccc1C)c1cc(C)c(OC)cc1C. The van der Waals surface area contributed by atoms with Crippen LogP contribution in [0.3, 0.4) is 0 Å². The molecule has 3 nitrogen and oxygen atoms in total. The molecule has 1 aromatic heterocycles. The fourth-order valence-electron chi connectivity index (χ4n) is 2.71. The van der Waals surface area contributed by atoms with Crippen LogP contribution < -0.4 is 10.1 Å². The number of methoxy groups -OCH3 is 1. The van der Waals surface area contributed by atoms with Crippen LogP contribution in [0.2, 0.25) is 0 Å². The molecular weight excluding hydrogens is 260 g/mol. The van der Waals surface area contributed by atoms with Crippen LogP contribution in [0.4, 0.5) is 0 Å². The van der Waals surface area contributed by atoms with Gasteiger partial charge in [0, 0.05) is 12.4 Å². The fourth-order valence-corrected chi connectivity index (χ4v) is 2.71. The van der Waals surface area contributed by atoms with Crippen LogP contribution >= 0.6 is 0 Å². The third-order valence-electron chi connectivity index (χ3n) is 3.89. The summed E-state index contributed by atoms with van der Waals surface area (Å²) in [6.07, 6.45) is 3.80. The first-order valence-corrected chi connectivity index (χ1v) is 7.37. The second-order valence-corrected chi connectivity index (χ2v) is 5.40. The van der Waals surface area contributed by atoms with Gasteiger partial charge in [-0.05, 0) is 67.3 Å². The lowest BCUT2D eigenvalue weighted by Gasteiger charge is -2.23. The molecule has 0 saturated carbocycles. The van der Waals surface area contributed by atoms with E-state index in [4.69, 9.17) is 4.74 Å². The largest absolute Gasteiger partial charge is 0.496 e. The lowest BCUT2D eigenvalue weighted by Crippen LogP contribution is -2.24. The normalized spacial score (nSPS) is 12.2. The number of hydrogen-bond donors (Lipinski definition) is 1. The molecule has 0 aliphatic carbocycles. The first-order chi connectivity index (χ1) is 10.1. The average molecular weight is 284 g/mol. The predicted molar refractivity (Wildman–Crippen MR) is 87.0 cm³/mol. The molecule has 1 aromatic carbocycles. The van der Waals surface area contributed by atoms with Gasteiger partial charge in [0.05, 0.1) is 13.2 Å². The topological polar surface area (TPSA) is 34.2 Å². The first-order valence-electron chi connectivity index (χ1n) is 7.37. The van der Waals surface area contributed by atoms with Crippen LogP contribution in [0.5, 0.6) is 5.75 Å². The van der Waals surface area contributed by atoms with Gasteiger partial charge < -0.3 is 10.1 Å². The highest BCUT2D eigenvalue weighted by Crippen LogP contribution is 2.31. The molecule has 0 radical (unpaired) electrons. The van der Waals surface area contributed by atoms with Crippen molar-refractivity contribution < 1.29 is 4.74 Å². The van der Waals surface area contributed by atoms with Crippen molar-refractivity contribution in [2.24, 2.45) is 0 Å². The lowest BCUT2D eigenvalue weighted by molar-refractivity contribution is 0.411. The van der Waals surface area contributed by atoms with E-state index < -0.39 is 0 Å². The number of aromatic nitrogens is 1. The maximum atomic E-state index is 5.42. The van der Waals surface area contributed by atoms with Crippen LogP contribution in [0, 0.1) is 20.8 Å². The molecule has 0 spiro atoms. The monoisotopic (exact) mass is 284 g/mol. The second-order valence-electron chi connectivity index (χ2n) is 5.40. The molecule has 1 heterocycles. The predicted octanol–water partition coefficient (Wildman–Crippen LogP) is 3.71. The van der Waals surface area contributed by atoms with Crippen molar-refractivity contribution in [3.63, 3.8) is 0 Å². The minimum Gasteiger partial charge on any atom is -0.496 e. The summed E-state index contributed by atoms with van der Waals surface area (Å²) in [5.41, 5.74) is 6.15. The molecule has 0 saturated heterocycles. The Morgan fingerprint density at radius 2 is 1.86 bits per heavy atom. The summed E-state index contributed by atoms with van der Waals surface area (Å²) in [6.45, 7) is 9.38. The van der Waals surface area contributed by atoms with Crippen molar-refractivity contribution in [3.8, 4) is 5.75 Å². The molecular formula is C18H24N2O. The van der Waals surface area contributed by atoms with Gasteiger partial charge in [-0.1, -0.05) is 13.0 Å². The first kappa shape index (κ1) is 15.5. The number of aryl methyl sites for hydroxylation is 3. The average Bonchev–Trinajstić information content (AvgIpc) is 2.48. The number of nitrogens with zero attached hydrogens (tertiary/aromatic N) is 1. The van der Waals surface area contributed by atoms with Gasteiger partial charge in [-0.2, -0.15) is 0 Å². The maximum Gasteiger partial charge on any atom is 0.122 e. The van der Waals surface area contributed by atoms with E-state index in [0.29, 0.717) is 0 Å². The zero-order valence-electron chi connectivity index (χ0n) is 13.5. The number of nitrogens with one attached hydrogen (secondary N) is 1. The summed E-state index contributed by atoms with van der Waals surface area (Å²) in [6, 6.07) is 6.55. The zero-order valence-corrected chi connectivity index (χ0v) is 13.5. The van der Waals surface area contributed by atoms with Gasteiger partial charge >= 0.3 is 0 Å². The molecule has 2 rings (SSSR count). The second kappa shape index (κ2) is 6.72. The van der Waals surface area contributed by atoms with Gasteiger partial charge in [-0.3, -0.25) is 4.98 Å². The number of benzene rings is 1. The Morgan fingerprint density at radius 3 is 2.48 bits per heavy atom. The van der Waals surface area contributed by atoms with Crippen molar-refractivity contribution in [2.45, 2.75) is 33.7 Å². The summed E-state index contributed by atoms with van der Waals surface area (Å²) < 4.78 is 5.42. The number of pyridine rings is 1. The van der Waals surface area contributed by atoms with Crippen molar-refractivity contribution in [3.05, 3.63) is 58.4 Å². The van der Waals surface area contributed by atoms with E-state index >= 15 is 0 Å². The molecule has 1 N–H and O–H groups in total. The highest BCUT2D eigenvalue weighted by molar-refractivity contribution is 5.46. The van der Waals surface area contributed by atoms with Crippen molar-refractivity contribution in [1.82, 2.24) is 10.3 Å². The van der Waals surface area contributed by atoms with Crippen LogP contribution in [0.25, 0.3) is 0 Å². The van der Waals surface area contributed by atoms with Crippen molar-refractivity contribution in [1.29, 1.82) is 0 Å². The smallest absolute Gasteiger partial charge is 0.122 e. The summed E-state index contributed by atoms with van der Waals surface area (Å²) in [5, 5.41) is 3.58. The van der Waals surface area contributed by atoms with E-state index in [1.165, 1.54) is 22.3 Å². The molecule has 1 atom stereocenters. The number of ether oxygens (including phenoxy) is 1. The Bertz CT molecular complexity index is 623. The number of hydrogen-bond acceptors (Lipinski definition) is 3. The van der Waals surface area contributed by atoms with E-state index in [1.54, 1.807) is 7.11 Å². The van der Waals surface area contributed by atoms with Crippen LogP contribution in [0.15, 0.2) is 30.6 Å². The summed E-state index contributed by atoms with van der Waals surface area (Å²) in [5.74, 6) is 0.939. The van der Waals surface area contributed by atoms with Gasteiger partial charge in [0.25, 0.3) is 0 Å². The fraction of sp³-hybridized carbons (Fsp3) is 0.389. The third-order valence-corrected chi connectivity index (χ3v) is 3.89. The maximum absolute atomic E-state index is 5.42. The molecule has 0 bridgehead atoms. The Morgan fingerprint density at radius 1 is 1.10 bits per heavy atom. The van der Waals surface area contributed by atoms with Gasteiger partial charge in [0.15, 0.2) is 0 Å². The van der Waals surface area contributed by atoms with Crippen LogP contribution in [-0.4, -0.2) is 18.6 Å². The summed E-state index contributed by atoms with van der Waals surface area (Å²) >= 11 is 0. The van der Waals surface area contributed by atoms with Gasteiger partial charge in [0.1, 0.15) is 5.75 Å². The lowest BCUT2D eigenvalue weighted by atomic mass is 9.92. The summed E-state index contributed by atoms with van der Waals surface area (Å²) in [4.78, 5) is 4.30. The van der Waals surface area contributed by atoms with Gasteiger partial charge in [-0.25, -0.2) is 0 Å². The Kier molecular flexibility index (Phi) is 4.97. The van der Waals surface area contributed by atoms with Crippen molar-refractivity contribution >= 4 is 0 Å². The zero-order chi connectivity index (χ0) is 15.4. The molecule has 0 fully saturated rings. The van der Waals surface area contributed by atoms with E-state index in [-0.39, 0.29) is 6.04 Å².